The Kier molecular flexibility index (Phi) is 4.81. The molecule has 1 aliphatic rings. The molecule has 0 bridgehead atoms. The van der Waals surface area contributed by atoms with Crippen LogP contribution in [0, 0.1) is 20.8 Å². The second kappa shape index (κ2) is 6.40. The first kappa shape index (κ1) is 15.0. The number of hydrogen-bond donors (Lipinski definition) is 1. The normalized spacial score (nSPS) is 19.9. The maximum Gasteiger partial charge on any atom is 0.238 e. The highest BCUT2D eigenvalue weighted by Crippen LogP contribution is 2.22. The molecule has 3 nitrogen and oxygen atoms in total. The summed E-state index contributed by atoms with van der Waals surface area (Å²) in [5.74, 6) is 0.105. The number of likely N-dealkylation sites (tertiary alicyclic amines) is 1. The van der Waals surface area contributed by atoms with E-state index in [-0.39, 0.29) is 5.91 Å². The quantitative estimate of drug-likeness (QED) is 0.916. The molecule has 0 unspecified atom stereocenters. The van der Waals surface area contributed by atoms with Crippen molar-refractivity contribution >= 4 is 11.6 Å². The molecule has 0 aliphatic carbocycles. The summed E-state index contributed by atoms with van der Waals surface area (Å²) in [6, 6.07) is 4.76. The summed E-state index contributed by atoms with van der Waals surface area (Å²) in [6.45, 7) is 9.96. The molecule has 110 valence electrons. The van der Waals surface area contributed by atoms with Crippen molar-refractivity contribution in [2.75, 3.05) is 18.4 Å². The maximum absolute atomic E-state index is 12.3. The Balaban J connectivity index is 2.01. The number of amides is 1. The lowest BCUT2D eigenvalue weighted by Crippen LogP contribution is -2.42. The molecule has 0 spiro atoms. The number of aryl methyl sites for hydroxylation is 3. The van der Waals surface area contributed by atoms with Crippen LogP contribution in [0.3, 0.4) is 0 Å². The van der Waals surface area contributed by atoms with Crippen molar-refractivity contribution in [3.8, 4) is 0 Å². The van der Waals surface area contributed by atoms with Gasteiger partial charge in [0.05, 0.1) is 6.54 Å². The lowest BCUT2D eigenvalue weighted by molar-refractivity contribution is -0.118. The Morgan fingerprint density at radius 3 is 2.50 bits per heavy atom. The summed E-state index contributed by atoms with van der Waals surface area (Å²) in [5, 5.41) is 3.09. The number of anilines is 1. The van der Waals surface area contributed by atoms with Crippen LogP contribution in [0.25, 0.3) is 0 Å². The van der Waals surface area contributed by atoms with E-state index in [9.17, 15) is 4.79 Å². The zero-order valence-corrected chi connectivity index (χ0v) is 13.1. The summed E-state index contributed by atoms with van der Waals surface area (Å²) in [5.41, 5.74) is 4.50. The molecule has 1 atom stereocenters. The number of benzene rings is 1. The number of carbonyl (C=O) groups is 1. The molecule has 1 aromatic carbocycles. The summed E-state index contributed by atoms with van der Waals surface area (Å²) >= 11 is 0. The molecular formula is C17H26N2O. The Hall–Kier alpha value is -1.35. The standard InChI is InChI=1S/C17H26N2O/c1-12-9-13(2)17(14(3)10-12)18-16(20)11-19-8-6-5-7-15(19)4/h9-10,15H,5-8,11H2,1-4H3,(H,18,20)/t15-/m1/s1. The van der Waals surface area contributed by atoms with Crippen LogP contribution in [0.4, 0.5) is 5.69 Å². The van der Waals surface area contributed by atoms with Crippen LogP contribution in [0.2, 0.25) is 0 Å². The molecule has 1 N–H and O–H groups in total. The first-order valence-electron chi connectivity index (χ1n) is 7.59. The molecule has 2 rings (SSSR count). The van der Waals surface area contributed by atoms with Gasteiger partial charge in [0.2, 0.25) is 5.91 Å². The van der Waals surface area contributed by atoms with E-state index in [1.165, 1.54) is 24.8 Å². The van der Waals surface area contributed by atoms with Crippen molar-refractivity contribution in [2.24, 2.45) is 0 Å². The highest BCUT2D eigenvalue weighted by atomic mass is 16.2. The molecule has 20 heavy (non-hydrogen) atoms. The lowest BCUT2D eigenvalue weighted by atomic mass is 10.0. The van der Waals surface area contributed by atoms with Gasteiger partial charge in [-0.1, -0.05) is 24.1 Å². The van der Waals surface area contributed by atoms with Gasteiger partial charge in [-0.25, -0.2) is 0 Å². The highest BCUT2D eigenvalue weighted by molar-refractivity contribution is 5.93. The first-order valence-corrected chi connectivity index (χ1v) is 7.59. The third kappa shape index (κ3) is 3.60. The van der Waals surface area contributed by atoms with Crippen LogP contribution < -0.4 is 5.32 Å². The highest BCUT2D eigenvalue weighted by Gasteiger charge is 2.20. The molecule has 1 aromatic rings. The molecule has 0 aromatic heterocycles. The predicted molar refractivity (Wildman–Crippen MR) is 84.2 cm³/mol. The van der Waals surface area contributed by atoms with Gasteiger partial charge >= 0.3 is 0 Å². The Labute approximate surface area is 122 Å². The van der Waals surface area contributed by atoms with Crippen LogP contribution >= 0.6 is 0 Å². The van der Waals surface area contributed by atoms with Crippen LogP contribution in [-0.2, 0) is 4.79 Å². The van der Waals surface area contributed by atoms with Crippen molar-refractivity contribution in [2.45, 2.75) is 53.0 Å². The Bertz CT molecular complexity index is 473. The molecule has 1 amide bonds. The Morgan fingerprint density at radius 1 is 1.25 bits per heavy atom. The van der Waals surface area contributed by atoms with E-state index < -0.39 is 0 Å². The fourth-order valence-corrected chi connectivity index (χ4v) is 3.13. The first-order chi connectivity index (χ1) is 9.47. The van der Waals surface area contributed by atoms with Crippen molar-refractivity contribution in [1.82, 2.24) is 4.90 Å². The van der Waals surface area contributed by atoms with Gasteiger partial charge in [-0.2, -0.15) is 0 Å². The van der Waals surface area contributed by atoms with E-state index >= 15 is 0 Å². The average molecular weight is 274 g/mol. The predicted octanol–water partition coefficient (Wildman–Crippen LogP) is 3.42. The molecule has 1 fully saturated rings. The summed E-state index contributed by atoms with van der Waals surface area (Å²) in [7, 11) is 0. The van der Waals surface area contributed by atoms with Crippen LogP contribution in [0.15, 0.2) is 12.1 Å². The fourth-order valence-electron chi connectivity index (χ4n) is 3.13. The Morgan fingerprint density at radius 2 is 1.90 bits per heavy atom. The fraction of sp³-hybridized carbons (Fsp3) is 0.588. The average Bonchev–Trinajstić information content (AvgIpc) is 2.36. The van der Waals surface area contributed by atoms with Crippen molar-refractivity contribution in [1.29, 1.82) is 0 Å². The van der Waals surface area contributed by atoms with Crippen LogP contribution in [0.5, 0.6) is 0 Å². The van der Waals surface area contributed by atoms with Gasteiger partial charge in [0.25, 0.3) is 0 Å². The minimum absolute atomic E-state index is 0.105. The van der Waals surface area contributed by atoms with Gasteiger partial charge < -0.3 is 5.32 Å². The molecule has 0 saturated carbocycles. The zero-order valence-electron chi connectivity index (χ0n) is 13.1. The van der Waals surface area contributed by atoms with E-state index in [0.29, 0.717) is 12.6 Å². The number of nitrogens with one attached hydrogen (secondary N) is 1. The zero-order chi connectivity index (χ0) is 14.7. The van der Waals surface area contributed by atoms with E-state index in [4.69, 9.17) is 0 Å². The molecule has 1 saturated heterocycles. The van der Waals surface area contributed by atoms with Crippen molar-refractivity contribution in [3.63, 3.8) is 0 Å². The number of hydrogen-bond acceptors (Lipinski definition) is 2. The number of carbonyl (C=O) groups excluding carboxylic acids is 1. The second-order valence-corrected chi connectivity index (χ2v) is 6.14. The largest absolute Gasteiger partial charge is 0.324 e. The summed E-state index contributed by atoms with van der Waals surface area (Å²) < 4.78 is 0. The maximum atomic E-state index is 12.3. The van der Waals surface area contributed by atoms with Crippen molar-refractivity contribution < 1.29 is 4.79 Å². The number of nitrogens with zero attached hydrogens (tertiary/aromatic N) is 1. The van der Waals surface area contributed by atoms with E-state index in [1.54, 1.807) is 0 Å². The lowest BCUT2D eigenvalue weighted by Gasteiger charge is -2.32. The third-order valence-corrected chi connectivity index (χ3v) is 4.23. The van der Waals surface area contributed by atoms with Gasteiger partial charge in [-0.05, 0) is 58.2 Å². The van der Waals surface area contributed by atoms with E-state index in [2.05, 4.69) is 50.0 Å². The van der Waals surface area contributed by atoms with Gasteiger partial charge in [0.1, 0.15) is 0 Å². The SMILES string of the molecule is Cc1cc(C)c(NC(=O)CN2CCCC[C@H]2C)c(C)c1. The van der Waals surface area contributed by atoms with E-state index in [1.807, 2.05) is 0 Å². The van der Waals surface area contributed by atoms with Gasteiger partial charge in [0, 0.05) is 11.7 Å². The van der Waals surface area contributed by atoms with Gasteiger partial charge in [-0.15, -0.1) is 0 Å². The topological polar surface area (TPSA) is 32.3 Å². The summed E-state index contributed by atoms with van der Waals surface area (Å²) in [6.07, 6.45) is 3.70. The molecule has 1 heterocycles. The summed E-state index contributed by atoms with van der Waals surface area (Å²) in [4.78, 5) is 14.6. The smallest absolute Gasteiger partial charge is 0.238 e. The number of rotatable bonds is 3. The van der Waals surface area contributed by atoms with Gasteiger partial charge in [0.15, 0.2) is 0 Å². The molecule has 1 aliphatic heterocycles. The minimum atomic E-state index is 0.105. The third-order valence-electron chi connectivity index (χ3n) is 4.23. The van der Waals surface area contributed by atoms with Crippen molar-refractivity contribution in [3.05, 3.63) is 28.8 Å². The van der Waals surface area contributed by atoms with Crippen LogP contribution in [-0.4, -0.2) is 29.9 Å². The van der Waals surface area contributed by atoms with E-state index in [0.717, 1.165) is 23.4 Å². The number of piperidine rings is 1. The minimum Gasteiger partial charge on any atom is -0.324 e. The van der Waals surface area contributed by atoms with Crippen LogP contribution in [0.1, 0.15) is 42.9 Å². The molecular weight excluding hydrogens is 248 g/mol. The monoisotopic (exact) mass is 274 g/mol. The molecule has 3 heteroatoms. The van der Waals surface area contributed by atoms with Gasteiger partial charge in [-0.3, -0.25) is 9.69 Å². The second-order valence-electron chi connectivity index (χ2n) is 6.14. The molecule has 0 radical (unpaired) electrons.